The van der Waals surface area contributed by atoms with Crippen LogP contribution < -0.4 is 0 Å². The average Bonchev–Trinajstić information content (AvgIpc) is 2.57. The molecule has 0 amide bonds. The Labute approximate surface area is 140 Å². The summed E-state index contributed by atoms with van der Waals surface area (Å²) in [5.41, 5.74) is 2.66. The van der Waals surface area contributed by atoms with Crippen molar-refractivity contribution in [2.75, 3.05) is 13.6 Å². The fourth-order valence-electron chi connectivity index (χ4n) is 3.37. The molecule has 0 N–H and O–H groups in total. The molecule has 0 spiro atoms. The second kappa shape index (κ2) is 6.86. The van der Waals surface area contributed by atoms with Crippen LogP contribution in [-0.4, -0.2) is 30.1 Å². The summed E-state index contributed by atoms with van der Waals surface area (Å²) in [5.74, 6) is 0. The van der Waals surface area contributed by atoms with E-state index in [0.717, 1.165) is 19.4 Å². The highest BCUT2D eigenvalue weighted by Gasteiger charge is 2.34. The Morgan fingerprint density at radius 2 is 1.48 bits per heavy atom. The van der Waals surface area contributed by atoms with Gasteiger partial charge in [-0.3, -0.25) is 0 Å². The van der Waals surface area contributed by atoms with Gasteiger partial charge in [0.05, 0.1) is 6.10 Å². The lowest BCUT2D eigenvalue weighted by atomic mass is 9.88. The van der Waals surface area contributed by atoms with Crippen LogP contribution in [0.3, 0.4) is 0 Å². The molecule has 0 unspecified atom stereocenters. The maximum absolute atomic E-state index is 6.62. The molecule has 0 saturated carbocycles. The van der Waals surface area contributed by atoms with Gasteiger partial charge in [-0.25, -0.2) is 0 Å². The van der Waals surface area contributed by atoms with Crippen LogP contribution in [0.15, 0.2) is 60.7 Å². The van der Waals surface area contributed by atoms with Crippen LogP contribution in [0.4, 0.5) is 0 Å². The summed E-state index contributed by atoms with van der Waals surface area (Å²) in [4.78, 5) is 2.44. The second-order valence-corrected chi connectivity index (χ2v) is 7.19. The molecular formula is C21H27NO. The number of nitrogens with zero attached hydrogens (tertiary/aromatic N) is 1. The number of hydrogen-bond acceptors (Lipinski definition) is 2. The van der Waals surface area contributed by atoms with E-state index in [0.29, 0.717) is 6.10 Å². The van der Waals surface area contributed by atoms with Crippen LogP contribution in [0, 0.1) is 0 Å². The maximum atomic E-state index is 6.62. The fraction of sp³-hybridized carbons (Fsp3) is 0.429. The third-order valence-electron chi connectivity index (χ3n) is 5.08. The van der Waals surface area contributed by atoms with E-state index in [-0.39, 0.29) is 11.6 Å². The van der Waals surface area contributed by atoms with Crippen molar-refractivity contribution < 1.29 is 4.74 Å². The fourth-order valence-corrected chi connectivity index (χ4v) is 3.37. The molecule has 1 saturated heterocycles. The Bertz CT molecular complexity index is 569. The van der Waals surface area contributed by atoms with E-state index in [1.54, 1.807) is 0 Å². The molecule has 0 aliphatic carbocycles. The van der Waals surface area contributed by atoms with Crippen LogP contribution in [0.5, 0.6) is 0 Å². The minimum Gasteiger partial charge on any atom is -0.365 e. The van der Waals surface area contributed by atoms with E-state index < -0.39 is 0 Å². The maximum Gasteiger partial charge on any atom is 0.108 e. The Morgan fingerprint density at radius 1 is 0.957 bits per heavy atom. The van der Waals surface area contributed by atoms with Crippen LogP contribution in [0.25, 0.3) is 0 Å². The molecular weight excluding hydrogens is 282 g/mol. The summed E-state index contributed by atoms with van der Waals surface area (Å²) >= 11 is 0. The third-order valence-corrected chi connectivity index (χ3v) is 5.08. The quantitative estimate of drug-likeness (QED) is 0.814. The Hall–Kier alpha value is -1.64. The van der Waals surface area contributed by atoms with Gasteiger partial charge in [0.25, 0.3) is 0 Å². The van der Waals surface area contributed by atoms with Gasteiger partial charge in [0.2, 0.25) is 0 Å². The minimum atomic E-state index is 0.0154. The normalized spacial score (nSPS) is 21.5. The van der Waals surface area contributed by atoms with Crippen molar-refractivity contribution in [2.24, 2.45) is 0 Å². The molecule has 2 aromatic carbocycles. The first kappa shape index (κ1) is 16.2. The van der Waals surface area contributed by atoms with Gasteiger partial charge in [0.15, 0.2) is 0 Å². The molecule has 0 aromatic heterocycles. The molecule has 1 aliphatic heterocycles. The van der Waals surface area contributed by atoms with Crippen LogP contribution in [-0.2, 0) is 4.74 Å². The lowest BCUT2D eigenvalue weighted by Crippen LogP contribution is -2.49. The number of hydrogen-bond donors (Lipinski definition) is 0. The van der Waals surface area contributed by atoms with Gasteiger partial charge < -0.3 is 9.64 Å². The zero-order valence-electron chi connectivity index (χ0n) is 14.4. The second-order valence-electron chi connectivity index (χ2n) is 7.19. The predicted octanol–water partition coefficient (Wildman–Crippen LogP) is 4.67. The van der Waals surface area contributed by atoms with Gasteiger partial charge in [0.1, 0.15) is 6.10 Å². The van der Waals surface area contributed by atoms with Gasteiger partial charge in [-0.1, -0.05) is 60.7 Å². The van der Waals surface area contributed by atoms with Gasteiger partial charge >= 0.3 is 0 Å². The zero-order chi connectivity index (χ0) is 16.3. The van der Waals surface area contributed by atoms with E-state index in [4.69, 9.17) is 4.74 Å². The molecule has 1 heterocycles. The first-order chi connectivity index (χ1) is 11.1. The molecule has 2 aromatic rings. The standard InChI is InChI=1S/C21H27NO/c1-21(2)16-19(14-15-22(21)3)23-20(17-10-6-4-7-11-17)18-12-8-5-9-13-18/h4-13,19-20H,14-16H2,1-3H3/t19-/m0/s1. The number of piperidine rings is 1. The van der Waals surface area contributed by atoms with Crippen molar-refractivity contribution in [2.45, 2.75) is 44.4 Å². The van der Waals surface area contributed by atoms with Gasteiger partial charge in [-0.2, -0.15) is 0 Å². The summed E-state index contributed by atoms with van der Waals surface area (Å²) in [5, 5.41) is 0. The molecule has 0 radical (unpaired) electrons. The summed E-state index contributed by atoms with van der Waals surface area (Å²) in [7, 11) is 2.21. The van der Waals surface area contributed by atoms with E-state index in [2.05, 4.69) is 86.5 Å². The van der Waals surface area contributed by atoms with Crippen molar-refractivity contribution in [1.29, 1.82) is 0 Å². The zero-order valence-corrected chi connectivity index (χ0v) is 14.4. The average molecular weight is 309 g/mol. The topological polar surface area (TPSA) is 12.5 Å². The highest BCUT2D eigenvalue weighted by molar-refractivity contribution is 5.30. The lowest BCUT2D eigenvalue weighted by molar-refractivity contribution is -0.0597. The molecule has 1 atom stereocenters. The first-order valence-electron chi connectivity index (χ1n) is 8.53. The third kappa shape index (κ3) is 3.82. The van der Waals surface area contributed by atoms with Crippen LogP contribution >= 0.6 is 0 Å². The molecule has 1 aliphatic rings. The Morgan fingerprint density at radius 3 is 1.96 bits per heavy atom. The summed E-state index contributed by atoms with van der Waals surface area (Å²) in [6.07, 6.45) is 2.48. The van der Waals surface area contributed by atoms with Crippen LogP contribution in [0.1, 0.15) is 43.9 Å². The van der Waals surface area contributed by atoms with Gasteiger partial charge in [-0.15, -0.1) is 0 Å². The highest BCUT2D eigenvalue weighted by atomic mass is 16.5. The predicted molar refractivity (Wildman–Crippen MR) is 95.5 cm³/mol. The van der Waals surface area contributed by atoms with Crippen molar-refractivity contribution in [3.8, 4) is 0 Å². The van der Waals surface area contributed by atoms with E-state index in [9.17, 15) is 0 Å². The highest BCUT2D eigenvalue weighted by Crippen LogP contribution is 2.34. The monoisotopic (exact) mass is 309 g/mol. The number of rotatable bonds is 4. The number of benzene rings is 2. The molecule has 1 fully saturated rings. The molecule has 122 valence electrons. The van der Waals surface area contributed by atoms with Crippen LogP contribution in [0.2, 0.25) is 0 Å². The summed E-state index contributed by atoms with van der Waals surface area (Å²) in [6, 6.07) is 21.1. The Kier molecular flexibility index (Phi) is 4.84. The number of likely N-dealkylation sites (tertiary alicyclic amines) is 1. The van der Waals surface area contributed by atoms with E-state index >= 15 is 0 Å². The summed E-state index contributed by atoms with van der Waals surface area (Å²) < 4.78 is 6.62. The Balaban J connectivity index is 1.83. The molecule has 23 heavy (non-hydrogen) atoms. The van der Waals surface area contributed by atoms with Crippen molar-refractivity contribution >= 4 is 0 Å². The number of ether oxygens (including phenoxy) is 1. The van der Waals surface area contributed by atoms with Crippen molar-refractivity contribution in [3.63, 3.8) is 0 Å². The molecule has 2 heteroatoms. The first-order valence-corrected chi connectivity index (χ1v) is 8.53. The molecule has 2 nitrogen and oxygen atoms in total. The minimum absolute atomic E-state index is 0.0154. The molecule has 3 rings (SSSR count). The smallest absolute Gasteiger partial charge is 0.108 e. The van der Waals surface area contributed by atoms with Crippen molar-refractivity contribution in [3.05, 3.63) is 71.8 Å². The van der Waals surface area contributed by atoms with E-state index in [1.165, 1.54) is 11.1 Å². The SMILES string of the molecule is CN1CC[C@H](OC(c2ccccc2)c2ccccc2)CC1(C)C. The largest absolute Gasteiger partial charge is 0.365 e. The van der Waals surface area contributed by atoms with E-state index in [1.807, 2.05) is 0 Å². The van der Waals surface area contributed by atoms with Gasteiger partial charge in [-0.05, 0) is 44.9 Å². The van der Waals surface area contributed by atoms with Crippen molar-refractivity contribution in [1.82, 2.24) is 4.90 Å². The summed E-state index contributed by atoms with van der Waals surface area (Å²) in [6.45, 7) is 5.71. The molecule has 0 bridgehead atoms. The van der Waals surface area contributed by atoms with Gasteiger partial charge in [0, 0.05) is 12.1 Å². The lowest BCUT2D eigenvalue weighted by Gasteiger charge is -2.44.